The van der Waals surface area contributed by atoms with Gasteiger partial charge in [0.2, 0.25) is 59.1 Å². The van der Waals surface area contributed by atoms with Crippen LogP contribution in [0, 0.1) is 35.5 Å². The van der Waals surface area contributed by atoms with Crippen LogP contribution in [0.3, 0.4) is 0 Å². The number of hydrogen-bond acceptors (Lipinski definition) is 15. The van der Waals surface area contributed by atoms with Crippen LogP contribution >= 0.6 is 11.8 Å². The number of hydrogen-bond donors (Lipinski definition) is 7. The molecule has 0 radical (unpaired) electrons. The average molecular weight is 1350 g/mol. The molecule has 0 aromatic heterocycles. The molecule has 25 nitrogen and oxygen atoms in total. The van der Waals surface area contributed by atoms with Crippen molar-refractivity contribution in [3.05, 3.63) is 12.2 Å². The molecule has 26 heteroatoms. The van der Waals surface area contributed by atoms with Gasteiger partial charge in [-0.1, -0.05) is 102 Å². The SMILES string of the molecule is CC=CC[C@@H](C)[C@@H](O)C1C(=O)N[C@H](CC)C(=O)N(C)[C@H](SCC2(NCC)CC2)C(=O)N(C)[C@@H](CC(C)(C)O)C(=O)N[C@H](C(C)C)C(=O)N(C)[C@H](CC(C)C)C(=O)N[C@H](C)C(=O)N[C@@H](C)C(=O)N(C)[C@H](CC(C)C)C(=O)N(C)[C@H](CC(C)C)C(=O)N(C)[C@H](C(C)C)C(=O)N1C. The summed E-state index contributed by atoms with van der Waals surface area (Å²) in [4.78, 5) is 173. The van der Waals surface area contributed by atoms with Crippen molar-refractivity contribution < 1.29 is 63.0 Å². The molecule has 2 aliphatic rings. The van der Waals surface area contributed by atoms with Crippen LogP contribution in [0.15, 0.2) is 12.2 Å². The van der Waals surface area contributed by atoms with Crippen LogP contribution in [0.4, 0.5) is 0 Å². The number of rotatable bonds is 20. The number of nitrogens with one attached hydrogen (secondary N) is 5. The van der Waals surface area contributed by atoms with Crippen molar-refractivity contribution in [1.29, 1.82) is 0 Å². The highest BCUT2D eigenvalue weighted by Crippen LogP contribution is 2.40. The van der Waals surface area contributed by atoms with Gasteiger partial charge in [0, 0.05) is 67.0 Å². The minimum atomic E-state index is -1.66. The van der Waals surface area contributed by atoms with Gasteiger partial charge >= 0.3 is 0 Å². The van der Waals surface area contributed by atoms with Crippen LogP contribution in [-0.2, 0) is 52.7 Å². The highest BCUT2D eigenvalue weighted by atomic mass is 32.2. The predicted octanol–water partition coefficient (Wildman–Crippen LogP) is 3.59. The largest absolute Gasteiger partial charge is 0.390 e. The van der Waals surface area contributed by atoms with Crippen molar-refractivity contribution >= 4 is 76.7 Å². The van der Waals surface area contributed by atoms with Gasteiger partial charge in [0.1, 0.15) is 60.4 Å². The molecule has 2 rings (SSSR count). The normalized spacial score (nSPS) is 27.6. The van der Waals surface area contributed by atoms with E-state index in [1.165, 1.54) is 102 Å². The number of aliphatic hydroxyl groups excluding tert-OH is 1. The Balaban J connectivity index is 3.14. The van der Waals surface area contributed by atoms with Gasteiger partial charge < -0.3 is 71.1 Å². The second kappa shape index (κ2) is 37.0. The number of allylic oxidation sites excluding steroid dienone is 2. The number of amides is 11. The molecular formula is C68H122N12O13S. The zero-order valence-corrected chi connectivity index (χ0v) is 62.4. The first-order valence-electron chi connectivity index (χ1n) is 33.8. The second-order valence-corrected chi connectivity index (χ2v) is 30.2. The summed E-state index contributed by atoms with van der Waals surface area (Å²) in [6.45, 7) is 31.5. The molecule has 1 aliphatic carbocycles. The molecule has 0 aromatic rings. The summed E-state index contributed by atoms with van der Waals surface area (Å²) in [5.41, 5.74) is -1.95. The standard InChI is InChI=1S/C68H122N12O13S/c1-26-29-30-43(14)54(81)53-58(85)72-46(27-2)60(87)80(25)66(94-37-68(31-32-68)69-28-3)65(92)77(22)50(36-67(17,18)93)57(84)73-51(41(10)11)63(90)74(19)47(33-38(4)5)56(83)70-44(15)55(82)71-45(16)59(86)75(20)48(34-39(6)7)61(88)76(21)49(35-40(8)9)62(89)78(23)52(42(12)13)64(91)79(53)24/h26,29,38-54,66,69,81,93H,27-28,30-37H2,1-25H3,(H,70,83)(H,71,82)(H,72,85)(H,73,84)/t43-,44-,45+,46-,47-,48-,49-,50+,51-,52-,53?,54-,66-/m1/s1. The molecule has 0 bridgehead atoms. The maximum absolute atomic E-state index is 15.4. The number of nitrogens with zero attached hydrogens (tertiary/aromatic N) is 7. The lowest BCUT2D eigenvalue weighted by atomic mass is 9.91. The van der Waals surface area contributed by atoms with Gasteiger partial charge in [0.15, 0.2) is 5.37 Å². The summed E-state index contributed by atoms with van der Waals surface area (Å²) >= 11 is 1.15. The van der Waals surface area contributed by atoms with Gasteiger partial charge in [-0.25, -0.2) is 0 Å². The number of carbonyl (C=O) groups is 11. The number of likely N-dealkylation sites (N-methyl/N-ethyl adjacent to an activating group) is 7. The van der Waals surface area contributed by atoms with Crippen molar-refractivity contribution in [1.82, 2.24) is 60.9 Å². The highest BCUT2D eigenvalue weighted by Gasteiger charge is 2.48. The van der Waals surface area contributed by atoms with E-state index in [1.807, 2.05) is 54.5 Å². The number of carbonyl (C=O) groups excluding carboxylic acids is 11. The molecule has 11 amide bonds. The van der Waals surface area contributed by atoms with Crippen molar-refractivity contribution in [2.75, 3.05) is 61.6 Å². The zero-order chi connectivity index (χ0) is 72.5. The molecule has 1 unspecified atom stereocenters. The summed E-state index contributed by atoms with van der Waals surface area (Å²) < 4.78 is 0. The molecule has 94 heavy (non-hydrogen) atoms. The summed E-state index contributed by atoms with van der Waals surface area (Å²) in [5.74, 6) is -9.94. The van der Waals surface area contributed by atoms with E-state index in [2.05, 4.69) is 26.6 Å². The van der Waals surface area contributed by atoms with Gasteiger partial charge in [-0.3, -0.25) is 52.7 Å². The first kappa shape index (κ1) is 84.2. The summed E-state index contributed by atoms with van der Waals surface area (Å²) in [7, 11) is 9.88. The van der Waals surface area contributed by atoms with Gasteiger partial charge in [0.05, 0.1) is 11.7 Å². The Kier molecular flexibility index (Phi) is 33.2. The molecule has 7 N–H and O–H groups in total. The van der Waals surface area contributed by atoms with Gasteiger partial charge in [0.25, 0.3) is 5.91 Å². The van der Waals surface area contributed by atoms with E-state index >= 15 is 28.8 Å². The lowest BCUT2D eigenvalue weighted by Crippen LogP contribution is -2.64. The molecule has 0 aromatic carbocycles. The van der Waals surface area contributed by atoms with Crippen LogP contribution in [0.1, 0.15) is 176 Å². The molecular weight excluding hydrogens is 1220 g/mol. The Bertz CT molecular complexity index is 2630. The minimum Gasteiger partial charge on any atom is -0.390 e. The van der Waals surface area contributed by atoms with Crippen molar-refractivity contribution in [3.8, 4) is 0 Å². The summed E-state index contributed by atoms with van der Waals surface area (Å²) in [6.07, 6.45) is 3.92. The Labute approximate surface area is 566 Å². The molecule has 1 heterocycles. The fourth-order valence-electron chi connectivity index (χ4n) is 12.0. The fourth-order valence-corrected chi connectivity index (χ4v) is 13.5. The second-order valence-electron chi connectivity index (χ2n) is 29.2. The number of thioether (sulfide) groups is 1. The van der Waals surface area contributed by atoms with Crippen molar-refractivity contribution in [2.45, 2.75) is 259 Å². The van der Waals surface area contributed by atoms with E-state index in [9.17, 15) is 34.2 Å². The predicted molar refractivity (Wildman–Crippen MR) is 367 cm³/mol. The third-order valence-corrected chi connectivity index (χ3v) is 19.7. The van der Waals surface area contributed by atoms with Crippen LogP contribution in [0.2, 0.25) is 0 Å². The van der Waals surface area contributed by atoms with Crippen molar-refractivity contribution in [3.63, 3.8) is 0 Å². The van der Waals surface area contributed by atoms with Crippen LogP contribution in [0.25, 0.3) is 0 Å². The maximum Gasteiger partial charge on any atom is 0.256 e. The third-order valence-electron chi connectivity index (χ3n) is 18.1. The highest BCUT2D eigenvalue weighted by molar-refractivity contribution is 8.00. The quantitative estimate of drug-likeness (QED) is 0.0857. The number of aliphatic hydroxyl groups is 2. The topological polar surface area (TPSA) is 311 Å². The molecule has 1 aliphatic heterocycles. The van der Waals surface area contributed by atoms with Gasteiger partial charge in [-0.2, -0.15) is 0 Å². The third kappa shape index (κ3) is 23.2. The zero-order valence-electron chi connectivity index (χ0n) is 61.5. The molecule has 1 saturated heterocycles. The first-order valence-corrected chi connectivity index (χ1v) is 34.9. The van der Waals surface area contributed by atoms with Crippen LogP contribution in [0.5, 0.6) is 0 Å². The molecule has 13 atom stereocenters. The smallest absolute Gasteiger partial charge is 0.256 e. The van der Waals surface area contributed by atoms with E-state index in [4.69, 9.17) is 0 Å². The molecule has 0 spiro atoms. The summed E-state index contributed by atoms with van der Waals surface area (Å²) in [5, 5.41) is 36.9. The van der Waals surface area contributed by atoms with E-state index in [0.717, 1.165) is 34.4 Å². The lowest BCUT2D eigenvalue weighted by Gasteiger charge is -2.41. The Morgan fingerprint density at radius 3 is 1.46 bits per heavy atom. The van der Waals surface area contributed by atoms with Gasteiger partial charge in [-0.15, -0.1) is 11.8 Å². The van der Waals surface area contributed by atoms with E-state index in [0.29, 0.717) is 12.3 Å². The van der Waals surface area contributed by atoms with E-state index in [1.54, 1.807) is 54.5 Å². The minimum absolute atomic E-state index is 0.0286. The van der Waals surface area contributed by atoms with Gasteiger partial charge in [-0.05, 0) is 122 Å². The molecule has 538 valence electrons. The Morgan fingerprint density at radius 2 is 1.00 bits per heavy atom. The Morgan fingerprint density at radius 1 is 0.543 bits per heavy atom. The van der Waals surface area contributed by atoms with E-state index < -0.39 is 160 Å². The molecule has 2 fully saturated rings. The first-order chi connectivity index (χ1) is 43.4. The Hall–Kier alpha value is -5.86. The lowest BCUT2D eigenvalue weighted by molar-refractivity contribution is -0.157. The van der Waals surface area contributed by atoms with Crippen molar-refractivity contribution in [2.24, 2.45) is 35.5 Å². The van der Waals surface area contributed by atoms with E-state index in [-0.39, 0.29) is 61.8 Å². The average Bonchev–Trinajstić information content (AvgIpc) is 1.40. The fraction of sp³-hybridized carbons (Fsp3) is 0.809. The molecule has 1 saturated carbocycles. The maximum atomic E-state index is 15.4. The summed E-state index contributed by atoms with van der Waals surface area (Å²) in [6, 6.07) is -13.1. The van der Waals surface area contributed by atoms with Crippen LogP contribution < -0.4 is 26.6 Å². The van der Waals surface area contributed by atoms with Crippen LogP contribution in [-0.4, -0.2) is 254 Å². The monoisotopic (exact) mass is 1350 g/mol.